The summed E-state index contributed by atoms with van der Waals surface area (Å²) >= 11 is 1.97. The first-order chi connectivity index (χ1) is 17.5. The molecule has 4 atom stereocenters. The Morgan fingerprint density at radius 3 is 2.57 bits per heavy atom. The Labute approximate surface area is 226 Å². The van der Waals surface area contributed by atoms with Gasteiger partial charge in [-0.05, 0) is 72.0 Å². The summed E-state index contributed by atoms with van der Waals surface area (Å²) in [6, 6.07) is 3.36. The van der Waals surface area contributed by atoms with Crippen molar-refractivity contribution in [2.75, 3.05) is 13.7 Å². The van der Waals surface area contributed by atoms with Crippen LogP contribution < -0.4 is 4.74 Å². The van der Waals surface area contributed by atoms with E-state index in [1.54, 1.807) is 19.1 Å². The van der Waals surface area contributed by atoms with Gasteiger partial charge in [0.25, 0.3) is 0 Å². The molecule has 0 radical (unpaired) electrons. The van der Waals surface area contributed by atoms with Crippen molar-refractivity contribution in [1.29, 1.82) is 0 Å². The largest absolute Gasteiger partial charge is 0.504 e. The van der Waals surface area contributed by atoms with Crippen LogP contribution in [0.15, 0.2) is 46.6 Å². The molecule has 0 spiro atoms. The zero-order valence-electron chi connectivity index (χ0n) is 20.1. The van der Waals surface area contributed by atoms with E-state index < -0.39 is 41.5 Å². The zero-order valence-corrected chi connectivity index (χ0v) is 22.3. The van der Waals surface area contributed by atoms with Gasteiger partial charge >= 0.3 is 5.97 Å². The molecule has 1 aliphatic heterocycles. The van der Waals surface area contributed by atoms with E-state index in [1.165, 1.54) is 13.2 Å². The van der Waals surface area contributed by atoms with Gasteiger partial charge in [-0.3, -0.25) is 28.9 Å². The number of carboxylic acid groups (broad SMARTS) is 1. The minimum atomic E-state index is -1.11. The number of likely N-dealkylation sites (tertiary alicyclic amines) is 1. The molecule has 192 valence electrons. The van der Waals surface area contributed by atoms with Crippen LogP contribution in [0.25, 0.3) is 0 Å². The number of aromatic hydroxyl groups is 1. The summed E-state index contributed by atoms with van der Waals surface area (Å²) in [4.78, 5) is 65.3. The van der Waals surface area contributed by atoms with Crippen LogP contribution in [0, 0.1) is 21.3 Å². The average Bonchev–Trinajstić information content (AvgIpc) is 3.10. The van der Waals surface area contributed by atoms with Crippen LogP contribution in [0.5, 0.6) is 11.5 Å². The minimum Gasteiger partial charge on any atom is -0.504 e. The number of fused-ring (bicyclic) bond motifs is 3. The lowest BCUT2D eigenvalue weighted by Gasteiger charge is -2.42. The van der Waals surface area contributed by atoms with Crippen LogP contribution in [0.4, 0.5) is 0 Å². The quantitative estimate of drug-likeness (QED) is 0.223. The third-order valence-corrected chi connectivity index (χ3v) is 8.63. The fraction of sp³-hybridized carbons (Fsp3) is 0.370. The van der Waals surface area contributed by atoms with Crippen LogP contribution in [-0.4, -0.2) is 58.1 Å². The maximum Gasteiger partial charge on any atom is 0.305 e. The number of Topliss-reactive ketones (excluding diaryl/α,β-unsaturated/α-hetero) is 1. The van der Waals surface area contributed by atoms with E-state index >= 15 is 0 Å². The number of imide groups is 1. The molecule has 5 rings (SSSR count). The lowest BCUT2D eigenvalue weighted by Crippen LogP contribution is -2.40. The van der Waals surface area contributed by atoms with Crippen molar-refractivity contribution < 1.29 is 38.9 Å². The Morgan fingerprint density at radius 1 is 1.16 bits per heavy atom. The van der Waals surface area contributed by atoms with Crippen molar-refractivity contribution in [3.05, 3.63) is 55.7 Å². The van der Waals surface area contributed by atoms with Crippen molar-refractivity contribution in [2.45, 2.75) is 32.1 Å². The molecule has 1 heterocycles. The molecule has 9 nitrogen and oxygen atoms in total. The number of nitrogens with zero attached hydrogens (tertiary/aromatic N) is 1. The van der Waals surface area contributed by atoms with Crippen molar-refractivity contribution >= 4 is 51.9 Å². The molecule has 0 bridgehead atoms. The summed E-state index contributed by atoms with van der Waals surface area (Å²) in [5.74, 6) is -4.86. The van der Waals surface area contributed by atoms with E-state index in [1.807, 2.05) is 28.7 Å². The smallest absolute Gasteiger partial charge is 0.305 e. The fourth-order valence-electron chi connectivity index (χ4n) is 6.17. The van der Waals surface area contributed by atoms with Crippen molar-refractivity contribution in [1.82, 2.24) is 4.90 Å². The second-order valence-electron chi connectivity index (χ2n) is 9.75. The van der Waals surface area contributed by atoms with Crippen molar-refractivity contribution in [3.8, 4) is 11.5 Å². The first-order valence-electron chi connectivity index (χ1n) is 11.9. The molecule has 1 aromatic rings. The second-order valence-corrected chi connectivity index (χ2v) is 10.9. The van der Waals surface area contributed by atoms with Gasteiger partial charge < -0.3 is 14.9 Å². The Balaban J connectivity index is 1.65. The van der Waals surface area contributed by atoms with E-state index in [0.717, 1.165) is 10.5 Å². The number of carbonyl (C=O) groups excluding carboxylic acids is 4. The van der Waals surface area contributed by atoms with E-state index in [2.05, 4.69) is 0 Å². The average molecular weight is 617 g/mol. The van der Waals surface area contributed by atoms with Gasteiger partial charge in [-0.25, -0.2) is 0 Å². The number of ether oxygens (including phenoxy) is 1. The highest BCUT2D eigenvalue weighted by Crippen LogP contribution is 2.55. The van der Waals surface area contributed by atoms with Crippen LogP contribution in [-0.2, 0) is 24.0 Å². The number of amides is 2. The van der Waals surface area contributed by atoms with Gasteiger partial charge in [-0.1, -0.05) is 11.6 Å². The van der Waals surface area contributed by atoms with Crippen LogP contribution in [0.3, 0.4) is 0 Å². The lowest BCUT2D eigenvalue weighted by atomic mass is 9.59. The van der Waals surface area contributed by atoms with Gasteiger partial charge in [-0.15, -0.1) is 0 Å². The van der Waals surface area contributed by atoms with Crippen LogP contribution in [0.1, 0.15) is 37.7 Å². The summed E-state index contributed by atoms with van der Waals surface area (Å²) < 4.78 is 5.85. The Hall–Kier alpha value is -3.28. The van der Waals surface area contributed by atoms with Gasteiger partial charge in [0.1, 0.15) is 0 Å². The minimum absolute atomic E-state index is 0.0430. The van der Waals surface area contributed by atoms with E-state index in [9.17, 15) is 29.1 Å². The van der Waals surface area contributed by atoms with E-state index in [-0.39, 0.29) is 48.9 Å². The van der Waals surface area contributed by atoms with Gasteiger partial charge in [0.15, 0.2) is 23.1 Å². The molecule has 1 fully saturated rings. The number of benzene rings is 1. The number of phenols is 1. The molecule has 0 saturated carbocycles. The zero-order chi connectivity index (χ0) is 26.8. The van der Waals surface area contributed by atoms with Crippen LogP contribution >= 0.6 is 22.6 Å². The SMILES string of the molecule is COc1cc([C@H]2C3=CC[C@@H]4C(=O)N(CCC(=O)O)C(=O)[C@@H]4[C@@H]3CC3=C2C(=O)C=C(C)C3=O)cc(I)c1O. The first kappa shape index (κ1) is 25.4. The fourth-order valence-corrected chi connectivity index (χ4v) is 6.80. The standard InChI is InChI=1S/C27H24INO8/c1-11-7-18(30)23-16(24(11)33)10-15-13(21(23)12-8-17(28)25(34)19(9-12)37-2)3-4-14-22(15)27(36)29(26(14)35)6-5-20(31)32/h3,7-9,14-15,21-22,34H,4-6,10H2,1-2H3,(H,31,32)/t14-,15+,21-,22-/m0/s1. The molecule has 1 saturated heterocycles. The molecule has 0 aromatic heterocycles. The Morgan fingerprint density at radius 2 is 1.89 bits per heavy atom. The van der Waals surface area contributed by atoms with Gasteiger partial charge in [0, 0.05) is 29.2 Å². The highest BCUT2D eigenvalue weighted by atomic mass is 127. The van der Waals surface area contributed by atoms with Crippen molar-refractivity contribution in [3.63, 3.8) is 0 Å². The third-order valence-electron chi connectivity index (χ3n) is 7.81. The molecule has 10 heteroatoms. The summed E-state index contributed by atoms with van der Waals surface area (Å²) in [5, 5.41) is 19.5. The number of carboxylic acids is 1. The number of carbonyl (C=O) groups is 5. The predicted octanol–water partition coefficient (Wildman–Crippen LogP) is 2.91. The molecule has 2 N–H and O–H groups in total. The number of halogens is 1. The number of phenolic OH excluding ortho intramolecular Hbond substituents is 1. The second kappa shape index (κ2) is 9.23. The number of allylic oxidation sites excluding steroid dienone is 6. The summed E-state index contributed by atoms with van der Waals surface area (Å²) in [6.45, 7) is 1.38. The lowest BCUT2D eigenvalue weighted by molar-refractivity contribution is -0.142. The molecule has 0 unspecified atom stereocenters. The number of hydrogen-bond donors (Lipinski definition) is 2. The van der Waals surface area contributed by atoms with E-state index in [0.29, 0.717) is 25.9 Å². The number of methoxy groups -OCH3 is 1. The Bertz CT molecular complexity index is 1390. The number of ketones is 2. The topological polar surface area (TPSA) is 138 Å². The van der Waals surface area contributed by atoms with Gasteiger partial charge in [-0.2, -0.15) is 0 Å². The predicted molar refractivity (Wildman–Crippen MR) is 138 cm³/mol. The highest BCUT2D eigenvalue weighted by Gasteiger charge is 2.56. The van der Waals surface area contributed by atoms with Crippen LogP contribution in [0.2, 0.25) is 0 Å². The summed E-state index contributed by atoms with van der Waals surface area (Å²) in [6.07, 6.45) is 3.30. The molecule has 2 amide bonds. The van der Waals surface area contributed by atoms with Gasteiger partial charge in [0.2, 0.25) is 11.8 Å². The number of rotatable bonds is 5. The maximum atomic E-state index is 13.5. The summed E-state index contributed by atoms with van der Waals surface area (Å²) in [7, 11) is 1.42. The number of aliphatic carboxylic acids is 1. The van der Waals surface area contributed by atoms with Gasteiger partial charge in [0.05, 0.1) is 28.9 Å². The molecule has 1 aromatic carbocycles. The Kier molecular flexibility index (Phi) is 6.33. The molecular formula is C27H24INO8. The normalized spacial score (nSPS) is 26.9. The third kappa shape index (κ3) is 3.92. The number of hydrogen-bond acceptors (Lipinski definition) is 7. The maximum absolute atomic E-state index is 13.5. The monoisotopic (exact) mass is 617 g/mol. The molecule has 4 aliphatic rings. The molecule has 3 aliphatic carbocycles. The van der Waals surface area contributed by atoms with E-state index in [4.69, 9.17) is 9.84 Å². The first-order valence-corrected chi connectivity index (χ1v) is 13.0. The summed E-state index contributed by atoms with van der Waals surface area (Å²) in [5.41, 5.74) is 2.41. The van der Waals surface area contributed by atoms with Crippen molar-refractivity contribution in [2.24, 2.45) is 17.8 Å². The molecule has 37 heavy (non-hydrogen) atoms. The molecular weight excluding hydrogens is 593 g/mol. The highest BCUT2D eigenvalue weighted by molar-refractivity contribution is 14.1.